The molecule has 1 atom stereocenters. The minimum atomic E-state index is -0.611. The van der Waals surface area contributed by atoms with Crippen molar-refractivity contribution < 1.29 is 10.2 Å². The first-order valence-electron chi connectivity index (χ1n) is 5.28. The van der Waals surface area contributed by atoms with Crippen LogP contribution in [0.15, 0.2) is 17.2 Å². The van der Waals surface area contributed by atoms with Crippen LogP contribution in [0, 0.1) is 5.41 Å². The molecule has 0 saturated heterocycles. The van der Waals surface area contributed by atoms with Crippen LogP contribution in [0.25, 0.3) is 5.57 Å². The van der Waals surface area contributed by atoms with Gasteiger partial charge in [0.15, 0.2) is 0 Å². The van der Waals surface area contributed by atoms with Crippen LogP contribution >= 0.6 is 22.9 Å². The van der Waals surface area contributed by atoms with Gasteiger partial charge in [0.1, 0.15) is 10.1 Å². The number of aliphatic hydroxyl groups excluding tert-OH is 2. The second-order valence-corrected chi connectivity index (χ2v) is 6.33. The number of rotatable bonds is 1. The molecule has 2 N–H and O–H groups in total. The maximum atomic E-state index is 10.2. The summed E-state index contributed by atoms with van der Waals surface area (Å²) in [6.45, 7) is 3.96. The number of thiophene rings is 1. The van der Waals surface area contributed by atoms with E-state index in [-0.39, 0.29) is 11.2 Å². The summed E-state index contributed by atoms with van der Waals surface area (Å²) in [7, 11) is 0. The lowest BCUT2D eigenvalue weighted by Gasteiger charge is -2.34. The van der Waals surface area contributed by atoms with E-state index in [9.17, 15) is 10.2 Å². The van der Waals surface area contributed by atoms with Crippen molar-refractivity contribution in [2.75, 3.05) is 0 Å². The summed E-state index contributed by atoms with van der Waals surface area (Å²) in [5.74, 6) is 0.270. The molecule has 1 unspecified atom stereocenters. The van der Waals surface area contributed by atoms with Gasteiger partial charge in [-0.1, -0.05) is 25.4 Å². The lowest BCUT2D eigenvalue weighted by Crippen LogP contribution is -2.28. The molecule has 0 fully saturated rings. The van der Waals surface area contributed by atoms with Gasteiger partial charge in [0.2, 0.25) is 0 Å². The van der Waals surface area contributed by atoms with Crippen molar-refractivity contribution in [3.05, 3.63) is 27.1 Å². The van der Waals surface area contributed by atoms with Crippen LogP contribution in [0.5, 0.6) is 0 Å². The minimum absolute atomic E-state index is 0.270. The molecule has 0 amide bonds. The van der Waals surface area contributed by atoms with E-state index in [1.54, 1.807) is 0 Å². The average Bonchev–Trinajstić information content (AvgIpc) is 2.61. The van der Waals surface area contributed by atoms with Gasteiger partial charge < -0.3 is 10.2 Å². The molecular formula is C12H15ClO2S. The third-order valence-corrected chi connectivity index (χ3v) is 4.35. The van der Waals surface area contributed by atoms with E-state index in [2.05, 4.69) is 0 Å². The first-order valence-corrected chi connectivity index (χ1v) is 6.54. The van der Waals surface area contributed by atoms with Crippen LogP contribution in [0.4, 0.5) is 0 Å². The topological polar surface area (TPSA) is 40.5 Å². The van der Waals surface area contributed by atoms with Gasteiger partial charge in [0.25, 0.3) is 0 Å². The molecule has 1 aromatic rings. The fourth-order valence-corrected chi connectivity index (χ4v) is 3.02. The smallest absolute Gasteiger partial charge is 0.104 e. The Morgan fingerprint density at radius 1 is 1.50 bits per heavy atom. The van der Waals surface area contributed by atoms with Gasteiger partial charge >= 0.3 is 0 Å². The molecule has 0 aliphatic heterocycles. The molecule has 1 aliphatic carbocycles. The monoisotopic (exact) mass is 258 g/mol. The largest absolute Gasteiger partial charge is 0.511 e. The molecule has 1 aromatic heterocycles. The third kappa shape index (κ3) is 1.88. The van der Waals surface area contributed by atoms with Crippen molar-refractivity contribution in [1.82, 2.24) is 0 Å². The molecule has 0 bridgehead atoms. The van der Waals surface area contributed by atoms with Crippen LogP contribution in [0.3, 0.4) is 0 Å². The molecule has 1 heterocycles. The van der Waals surface area contributed by atoms with Crippen molar-refractivity contribution in [2.24, 2.45) is 5.41 Å². The Bertz CT molecular complexity index is 434. The molecule has 0 radical (unpaired) electrons. The second-order valence-electron chi connectivity index (χ2n) is 4.81. The molecule has 16 heavy (non-hydrogen) atoms. The van der Waals surface area contributed by atoms with Gasteiger partial charge in [-0.3, -0.25) is 0 Å². The maximum Gasteiger partial charge on any atom is 0.104 e. The first kappa shape index (κ1) is 12.0. The molecule has 2 rings (SSSR count). The second kappa shape index (κ2) is 4.06. The summed E-state index contributed by atoms with van der Waals surface area (Å²) in [6, 6.07) is 1.85. The van der Waals surface area contributed by atoms with E-state index >= 15 is 0 Å². The fraction of sp³-hybridized carbons (Fsp3) is 0.500. The van der Waals surface area contributed by atoms with E-state index < -0.39 is 6.10 Å². The Labute approximate surface area is 104 Å². The van der Waals surface area contributed by atoms with Crippen molar-refractivity contribution in [1.29, 1.82) is 0 Å². The van der Waals surface area contributed by atoms with E-state index in [0.29, 0.717) is 16.3 Å². The van der Waals surface area contributed by atoms with Crippen molar-refractivity contribution in [3.63, 3.8) is 0 Å². The summed E-state index contributed by atoms with van der Waals surface area (Å²) in [5.41, 5.74) is 1.09. The number of hydrogen-bond donors (Lipinski definition) is 2. The molecule has 0 spiro atoms. The van der Waals surface area contributed by atoms with Gasteiger partial charge in [-0.15, -0.1) is 11.3 Å². The Morgan fingerprint density at radius 3 is 2.75 bits per heavy atom. The standard InChI is InChI=1S/C12H15ClO2S/c1-12(2)5-3-8(14)9(10(12)15)7-4-6-16-11(7)13/h4,6,8,14-15H,3,5H2,1-2H3. The van der Waals surface area contributed by atoms with Crippen molar-refractivity contribution in [3.8, 4) is 0 Å². The number of hydrogen-bond acceptors (Lipinski definition) is 3. The Morgan fingerprint density at radius 2 is 2.19 bits per heavy atom. The summed E-state index contributed by atoms with van der Waals surface area (Å²) in [6.07, 6.45) is 0.837. The SMILES string of the molecule is CC1(C)CCC(O)C(c2ccsc2Cl)=C1O. The zero-order chi connectivity index (χ0) is 11.9. The van der Waals surface area contributed by atoms with Crippen LogP contribution in [-0.4, -0.2) is 16.3 Å². The molecule has 2 nitrogen and oxygen atoms in total. The molecule has 4 heteroatoms. The zero-order valence-corrected chi connectivity index (χ0v) is 10.9. The van der Waals surface area contributed by atoms with Gasteiger partial charge in [-0.25, -0.2) is 0 Å². The number of halogens is 1. The van der Waals surface area contributed by atoms with Crippen LogP contribution in [-0.2, 0) is 0 Å². The highest BCUT2D eigenvalue weighted by Gasteiger charge is 2.35. The highest BCUT2D eigenvalue weighted by atomic mass is 35.5. The van der Waals surface area contributed by atoms with Gasteiger partial charge in [-0.2, -0.15) is 0 Å². The predicted octanol–water partition coefficient (Wildman–Crippen LogP) is 3.85. The quantitative estimate of drug-likeness (QED) is 0.803. The van der Waals surface area contributed by atoms with Crippen molar-refractivity contribution in [2.45, 2.75) is 32.8 Å². The summed E-state index contributed by atoms with van der Waals surface area (Å²) >= 11 is 7.47. The highest BCUT2D eigenvalue weighted by Crippen LogP contribution is 2.44. The summed E-state index contributed by atoms with van der Waals surface area (Å²) in [5, 5.41) is 22.1. The van der Waals surface area contributed by atoms with E-state index in [0.717, 1.165) is 12.0 Å². The van der Waals surface area contributed by atoms with Gasteiger partial charge in [0.05, 0.1) is 6.10 Å². The Hall–Kier alpha value is -0.510. The lowest BCUT2D eigenvalue weighted by molar-refractivity contribution is 0.149. The molecular weight excluding hydrogens is 244 g/mol. The van der Waals surface area contributed by atoms with Crippen LogP contribution < -0.4 is 0 Å². The van der Waals surface area contributed by atoms with Crippen LogP contribution in [0.2, 0.25) is 4.34 Å². The fourth-order valence-electron chi connectivity index (χ4n) is 2.08. The minimum Gasteiger partial charge on any atom is -0.511 e. The molecule has 1 aliphatic rings. The third-order valence-electron chi connectivity index (χ3n) is 3.18. The number of allylic oxidation sites excluding steroid dienone is 1. The van der Waals surface area contributed by atoms with Crippen molar-refractivity contribution >= 4 is 28.5 Å². The van der Waals surface area contributed by atoms with Gasteiger partial charge in [0, 0.05) is 16.6 Å². The lowest BCUT2D eigenvalue weighted by atomic mass is 9.75. The Balaban J connectivity index is 2.56. The number of aliphatic hydroxyl groups is 2. The molecule has 0 saturated carbocycles. The Kier molecular flexibility index (Phi) is 3.03. The van der Waals surface area contributed by atoms with Crippen LogP contribution in [0.1, 0.15) is 32.3 Å². The average molecular weight is 259 g/mol. The zero-order valence-electron chi connectivity index (χ0n) is 9.33. The summed E-state index contributed by atoms with van der Waals surface area (Å²) in [4.78, 5) is 0. The molecule has 0 aromatic carbocycles. The molecule has 88 valence electrons. The maximum absolute atomic E-state index is 10.2. The first-order chi connectivity index (χ1) is 7.43. The van der Waals surface area contributed by atoms with E-state index in [4.69, 9.17) is 11.6 Å². The normalized spacial score (nSPS) is 24.9. The summed E-state index contributed by atoms with van der Waals surface area (Å²) < 4.78 is 0.623. The van der Waals surface area contributed by atoms with E-state index in [1.165, 1.54) is 11.3 Å². The predicted molar refractivity (Wildman–Crippen MR) is 67.9 cm³/mol. The highest BCUT2D eigenvalue weighted by molar-refractivity contribution is 7.14. The van der Waals surface area contributed by atoms with E-state index in [1.807, 2.05) is 25.3 Å². The van der Waals surface area contributed by atoms with Gasteiger partial charge in [-0.05, 0) is 24.3 Å².